The standard InChI is InChI=1S/C49H60N4O6/c1-50-23-27-52(28-24-50)31-33-58-43-19-15-39(35-45(43)56-3)17-21-47(54)49(37-41-11-7-5-8-12-41,38-42-13-9-6-10-14-42)48(55)22-18-40-16-20-44(46(36-40)57-4)59-34-32-53-29-25-51(2)26-30-53/h5-22,35-36H,23-34,37-38H2,1-4H3/b21-17-,22-18+. The normalized spacial score (nSPS) is 16.1. The summed E-state index contributed by atoms with van der Waals surface area (Å²) in [6.07, 6.45) is 7.04. The van der Waals surface area contributed by atoms with Crippen molar-refractivity contribution in [2.45, 2.75) is 12.8 Å². The highest BCUT2D eigenvalue weighted by molar-refractivity contribution is 6.17. The van der Waals surface area contributed by atoms with Crippen LogP contribution in [0.5, 0.6) is 23.0 Å². The van der Waals surface area contributed by atoms with Gasteiger partial charge in [-0.05, 0) is 85.6 Å². The molecule has 10 nitrogen and oxygen atoms in total. The van der Waals surface area contributed by atoms with Crippen molar-refractivity contribution in [1.82, 2.24) is 19.6 Å². The Bertz CT molecular complexity index is 1860. The number of carbonyl (C=O) groups is 2. The van der Waals surface area contributed by atoms with E-state index in [0.29, 0.717) is 36.2 Å². The van der Waals surface area contributed by atoms with Crippen molar-refractivity contribution in [3.63, 3.8) is 0 Å². The summed E-state index contributed by atoms with van der Waals surface area (Å²) in [5.74, 6) is 1.89. The van der Waals surface area contributed by atoms with Crippen LogP contribution < -0.4 is 18.9 Å². The number of methoxy groups -OCH3 is 2. The largest absolute Gasteiger partial charge is 0.493 e. The molecule has 0 saturated carbocycles. The first-order chi connectivity index (χ1) is 28.7. The molecule has 2 aliphatic heterocycles. The van der Waals surface area contributed by atoms with E-state index in [1.54, 1.807) is 26.4 Å². The number of carbonyl (C=O) groups excluding carboxylic acids is 2. The zero-order valence-electron chi connectivity index (χ0n) is 35.2. The zero-order valence-corrected chi connectivity index (χ0v) is 35.2. The molecule has 2 fully saturated rings. The van der Waals surface area contributed by atoms with E-state index in [4.69, 9.17) is 18.9 Å². The Morgan fingerprint density at radius 1 is 0.542 bits per heavy atom. The Labute approximate surface area is 350 Å². The summed E-state index contributed by atoms with van der Waals surface area (Å²) in [7, 11) is 7.52. The molecule has 0 spiro atoms. The summed E-state index contributed by atoms with van der Waals surface area (Å²) in [5.41, 5.74) is 1.88. The van der Waals surface area contributed by atoms with Crippen LogP contribution in [0.15, 0.2) is 109 Å². The van der Waals surface area contributed by atoms with Crippen molar-refractivity contribution in [2.75, 3.05) is 107 Å². The van der Waals surface area contributed by atoms with Gasteiger partial charge in [0.25, 0.3) is 0 Å². The second-order valence-corrected chi connectivity index (χ2v) is 15.6. The maximum Gasteiger partial charge on any atom is 0.170 e. The summed E-state index contributed by atoms with van der Waals surface area (Å²) >= 11 is 0. The fourth-order valence-corrected chi connectivity index (χ4v) is 7.61. The van der Waals surface area contributed by atoms with Crippen molar-refractivity contribution in [3.8, 4) is 23.0 Å². The monoisotopic (exact) mass is 800 g/mol. The van der Waals surface area contributed by atoms with Gasteiger partial charge >= 0.3 is 0 Å². The Hall–Kier alpha value is -5.26. The second kappa shape index (κ2) is 21.7. The molecule has 4 aromatic rings. The van der Waals surface area contributed by atoms with Crippen LogP contribution in [-0.2, 0) is 22.4 Å². The van der Waals surface area contributed by atoms with Gasteiger partial charge in [0.15, 0.2) is 34.6 Å². The molecule has 0 radical (unpaired) electrons. The minimum absolute atomic E-state index is 0.224. The van der Waals surface area contributed by atoms with Gasteiger partial charge in [-0.3, -0.25) is 19.4 Å². The third-order valence-electron chi connectivity index (χ3n) is 11.4. The molecule has 0 bridgehead atoms. The first-order valence-electron chi connectivity index (χ1n) is 20.7. The van der Waals surface area contributed by atoms with Crippen molar-refractivity contribution in [1.29, 1.82) is 0 Å². The highest BCUT2D eigenvalue weighted by atomic mass is 16.5. The molecule has 2 aliphatic rings. The van der Waals surface area contributed by atoms with E-state index in [1.807, 2.05) is 97.1 Å². The fraction of sp³-hybridized carbons (Fsp3) is 0.388. The summed E-state index contributed by atoms with van der Waals surface area (Å²) in [6, 6.07) is 30.8. The van der Waals surface area contributed by atoms with Gasteiger partial charge in [-0.2, -0.15) is 0 Å². The number of ketones is 2. The average molecular weight is 801 g/mol. The lowest BCUT2D eigenvalue weighted by atomic mass is 9.69. The smallest absolute Gasteiger partial charge is 0.170 e. The SMILES string of the molecule is COc1cc(/C=C\C(=O)C(Cc2ccccc2)(Cc2ccccc2)C(=O)/C=C/c2ccc(OCCN3CCN(C)CC3)c(OC)c2)ccc1OCCN1CCN(C)CC1. The number of benzene rings is 4. The molecule has 2 heterocycles. The van der Waals surface area contributed by atoms with Crippen LogP contribution in [0, 0.1) is 5.41 Å². The Kier molecular flexibility index (Phi) is 15.9. The molecule has 312 valence electrons. The number of hydrogen-bond donors (Lipinski definition) is 0. The van der Waals surface area contributed by atoms with Crippen LogP contribution in [0.2, 0.25) is 0 Å². The number of rotatable bonds is 20. The van der Waals surface area contributed by atoms with Crippen LogP contribution in [0.3, 0.4) is 0 Å². The summed E-state index contributed by atoms with van der Waals surface area (Å²) in [6.45, 7) is 11.1. The van der Waals surface area contributed by atoms with Gasteiger partial charge in [0, 0.05) is 65.4 Å². The predicted octanol–water partition coefficient (Wildman–Crippen LogP) is 6.29. The van der Waals surface area contributed by atoms with Crippen LogP contribution in [0.25, 0.3) is 12.2 Å². The molecule has 59 heavy (non-hydrogen) atoms. The number of hydrogen-bond acceptors (Lipinski definition) is 10. The van der Waals surface area contributed by atoms with E-state index in [0.717, 1.165) is 87.7 Å². The fourth-order valence-electron chi connectivity index (χ4n) is 7.61. The maximum atomic E-state index is 14.8. The molecule has 0 N–H and O–H groups in total. The predicted molar refractivity (Wildman–Crippen MR) is 236 cm³/mol. The molecular formula is C49H60N4O6. The van der Waals surface area contributed by atoms with E-state index >= 15 is 0 Å². The van der Waals surface area contributed by atoms with Crippen LogP contribution in [-0.4, -0.2) is 138 Å². The molecule has 10 heteroatoms. The van der Waals surface area contributed by atoms with E-state index in [9.17, 15) is 9.59 Å². The highest BCUT2D eigenvalue weighted by Gasteiger charge is 2.43. The van der Waals surface area contributed by atoms with Crippen LogP contribution in [0.1, 0.15) is 22.3 Å². The first kappa shape index (κ1) is 43.3. The third-order valence-corrected chi connectivity index (χ3v) is 11.4. The van der Waals surface area contributed by atoms with E-state index in [1.165, 1.54) is 12.2 Å². The lowest BCUT2D eigenvalue weighted by molar-refractivity contribution is -0.135. The Morgan fingerprint density at radius 2 is 0.932 bits per heavy atom. The van der Waals surface area contributed by atoms with Crippen LogP contribution in [0.4, 0.5) is 0 Å². The van der Waals surface area contributed by atoms with Crippen LogP contribution >= 0.6 is 0 Å². The minimum atomic E-state index is -1.43. The number of allylic oxidation sites excluding steroid dienone is 2. The van der Waals surface area contributed by atoms with Gasteiger partial charge in [0.2, 0.25) is 0 Å². The van der Waals surface area contributed by atoms with Gasteiger partial charge in [0.05, 0.1) is 14.2 Å². The van der Waals surface area contributed by atoms with Gasteiger partial charge in [-0.25, -0.2) is 0 Å². The lowest BCUT2D eigenvalue weighted by Crippen LogP contribution is -2.45. The molecule has 0 atom stereocenters. The molecule has 0 unspecified atom stereocenters. The number of nitrogens with zero attached hydrogens (tertiary/aromatic N) is 4. The summed E-state index contributed by atoms with van der Waals surface area (Å²) in [4.78, 5) is 39.0. The molecule has 6 rings (SSSR count). The number of likely N-dealkylation sites (N-methyl/N-ethyl adjacent to an activating group) is 2. The van der Waals surface area contributed by atoms with Gasteiger partial charge < -0.3 is 28.7 Å². The quantitative estimate of drug-likeness (QED) is 0.0752. The van der Waals surface area contributed by atoms with Gasteiger partial charge in [-0.1, -0.05) is 84.9 Å². The van der Waals surface area contributed by atoms with Gasteiger partial charge in [-0.15, -0.1) is 0 Å². The molecule has 0 amide bonds. The van der Waals surface area contributed by atoms with Crippen molar-refractivity contribution in [2.24, 2.45) is 5.41 Å². The second-order valence-electron chi connectivity index (χ2n) is 15.6. The minimum Gasteiger partial charge on any atom is -0.493 e. The topological polar surface area (TPSA) is 84.0 Å². The van der Waals surface area contributed by atoms with E-state index in [-0.39, 0.29) is 24.4 Å². The molecule has 2 saturated heterocycles. The summed E-state index contributed by atoms with van der Waals surface area (Å²) < 4.78 is 23.7. The van der Waals surface area contributed by atoms with Crippen molar-refractivity contribution >= 4 is 23.7 Å². The Morgan fingerprint density at radius 3 is 1.31 bits per heavy atom. The number of piperazine rings is 2. The molecular weight excluding hydrogens is 741 g/mol. The molecule has 0 aliphatic carbocycles. The van der Waals surface area contributed by atoms with Gasteiger partial charge in [0.1, 0.15) is 18.6 Å². The molecule has 4 aromatic carbocycles. The van der Waals surface area contributed by atoms with E-state index in [2.05, 4.69) is 33.7 Å². The number of ether oxygens (including phenoxy) is 4. The molecule has 0 aromatic heterocycles. The van der Waals surface area contributed by atoms with Crippen molar-refractivity contribution in [3.05, 3.63) is 131 Å². The first-order valence-corrected chi connectivity index (χ1v) is 20.7. The lowest BCUT2D eigenvalue weighted by Gasteiger charge is -2.32. The third kappa shape index (κ3) is 12.4. The van der Waals surface area contributed by atoms with E-state index < -0.39 is 5.41 Å². The summed E-state index contributed by atoms with van der Waals surface area (Å²) in [5, 5.41) is 0. The zero-order chi connectivity index (χ0) is 41.5. The van der Waals surface area contributed by atoms with Crippen molar-refractivity contribution < 1.29 is 28.5 Å². The maximum absolute atomic E-state index is 14.8. The highest BCUT2D eigenvalue weighted by Crippen LogP contribution is 2.35. The Balaban J connectivity index is 1.22. The average Bonchev–Trinajstić information content (AvgIpc) is 3.27.